The largest absolute Gasteiger partial charge is 0.418 e. The van der Waals surface area contributed by atoms with Crippen LogP contribution in [0, 0.1) is 0 Å². The molecule has 0 fully saturated rings. The average molecular weight is 356 g/mol. The minimum atomic E-state index is -4.43. The van der Waals surface area contributed by atoms with E-state index < -0.39 is 11.7 Å². The molecule has 25 heavy (non-hydrogen) atoms. The molecule has 0 radical (unpaired) electrons. The third kappa shape index (κ3) is 3.13. The van der Waals surface area contributed by atoms with E-state index >= 15 is 0 Å². The van der Waals surface area contributed by atoms with Gasteiger partial charge >= 0.3 is 6.18 Å². The number of nitrogens with zero attached hydrogens (tertiary/aromatic N) is 2. The Morgan fingerprint density at radius 2 is 1.64 bits per heavy atom. The van der Waals surface area contributed by atoms with Crippen molar-refractivity contribution in [2.24, 2.45) is 4.99 Å². The van der Waals surface area contributed by atoms with Gasteiger partial charge in [-0.1, -0.05) is 24.3 Å². The molecule has 0 amide bonds. The Hall–Kier alpha value is -2.73. The fraction of sp³-hybridized carbons (Fsp3) is 0.0526. The van der Waals surface area contributed by atoms with Crippen LogP contribution in [-0.4, -0.2) is 4.98 Å². The van der Waals surface area contributed by atoms with Crippen molar-refractivity contribution >= 4 is 27.2 Å². The second-order valence-electron chi connectivity index (χ2n) is 5.46. The maximum atomic E-state index is 13.1. The number of alkyl halides is 3. The summed E-state index contributed by atoms with van der Waals surface area (Å²) in [4.78, 5) is 9.65. The zero-order chi connectivity index (χ0) is 17.4. The van der Waals surface area contributed by atoms with Crippen LogP contribution in [-0.2, 0) is 6.18 Å². The van der Waals surface area contributed by atoms with Crippen molar-refractivity contribution in [3.05, 3.63) is 77.7 Å². The number of rotatable bonds is 1. The summed E-state index contributed by atoms with van der Waals surface area (Å²) in [5, 5.41) is 0.470. The molecule has 2 nitrogen and oxygen atoms in total. The van der Waals surface area contributed by atoms with E-state index in [0.29, 0.717) is 5.36 Å². The lowest BCUT2D eigenvalue weighted by Gasteiger charge is -2.09. The van der Waals surface area contributed by atoms with Crippen LogP contribution in [0.4, 0.5) is 18.9 Å². The van der Waals surface area contributed by atoms with E-state index in [2.05, 4.69) is 9.98 Å². The van der Waals surface area contributed by atoms with E-state index in [-0.39, 0.29) is 5.69 Å². The highest BCUT2D eigenvalue weighted by Gasteiger charge is 2.33. The van der Waals surface area contributed by atoms with Crippen molar-refractivity contribution in [2.75, 3.05) is 0 Å². The molecule has 124 valence electrons. The lowest BCUT2D eigenvalue weighted by atomic mass is 10.1. The van der Waals surface area contributed by atoms with Crippen LogP contribution in [0.25, 0.3) is 20.8 Å². The number of fused-ring (bicyclic) bond motifs is 2. The van der Waals surface area contributed by atoms with Crippen molar-refractivity contribution in [3.8, 4) is 10.6 Å². The fourth-order valence-electron chi connectivity index (χ4n) is 2.58. The maximum Gasteiger partial charge on any atom is 0.418 e. The van der Waals surface area contributed by atoms with E-state index in [1.54, 1.807) is 35.6 Å². The molecule has 0 N–H and O–H groups in total. The minimum absolute atomic E-state index is 0.0897. The van der Waals surface area contributed by atoms with E-state index in [0.717, 1.165) is 26.9 Å². The zero-order valence-electron chi connectivity index (χ0n) is 12.8. The molecule has 1 aliphatic carbocycles. The highest BCUT2D eigenvalue weighted by molar-refractivity contribution is 7.21. The van der Waals surface area contributed by atoms with Crippen molar-refractivity contribution in [1.82, 2.24) is 4.98 Å². The number of benzene rings is 3. The monoisotopic (exact) mass is 356 g/mol. The predicted octanol–water partition coefficient (Wildman–Crippen LogP) is 5.65. The average Bonchev–Trinajstić information content (AvgIpc) is 2.59. The zero-order valence-corrected chi connectivity index (χ0v) is 13.6. The smallest absolute Gasteiger partial charge is 0.248 e. The van der Waals surface area contributed by atoms with E-state index in [1.807, 2.05) is 24.3 Å². The molecule has 0 bridgehead atoms. The first-order valence-corrected chi connectivity index (χ1v) is 8.33. The standard InChI is InChI=1S/C19H11F3N2S/c20-19(21,22)13-5-1-2-6-14(13)23-12-9-10-16-18(11-12)25-17-8-4-3-7-15(17)24-16/h1-11H. The summed E-state index contributed by atoms with van der Waals surface area (Å²) in [6, 6.07) is 18.3. The Morgan fingerprint density at radius 3 is 2.48 bits per heavy atom. The van der Waals surface area contributed by atoms with Gasteiger partial charge in [0, 0.05) is 0 Å². The molecule has 0 saturated heterocycles. The third-order valence-corrected chi connectivity index (χ3v) is 4.84. The summed E-state index contributed by atoms with van der Waals surface area (Å²) in [6.45, 7) is 0. The van der Waals surface area contributed by atoms with Crippen LogP contribution in [0.5, 0.6) is 0 Å². The van der Waals surface area contributed by atoms with Gasteiger partial charge in [-0.05, 0) is 42.5 Å². The summed E-state index contributed by atoms with van der Waals surface area (Å²) in [5.74, 6) is 0. The van der Waals surface area contributed by atoms with Crippen LogP contribution >= 0.6 is 11.3 Å². The molecular formula is C19H11F3N2S. The summed E-state index contributed by atoms with van der Waals surface area (Å²) in [5.41, 5.74) is 0.863. The molecule has 1 aliphatic heterocycles. The van der Waals surface area contributed by atoms with Gasteiger partial charge in [-0.3, -0.25) is 0 Å². The molecular weight excluding hydrogens is 345 g/mol. The van der Waals surface area contributed by atoms with E-state index in [9.17, 15) is 13.2 Å². The van der Waals surface area contributed by atoms with Crippen LogP contribution in [0.1, 0.15) is 5.56 Å². The van der Waals surface area contributed by atoms with Gasteiger partial charge in [0.25, 0.3) is 0 Å². The third-order valence-electron chi connectivity index (χ3n) is 3.73. The Balaban J connectivity index is 1.90. The SMILES string of the molecule is FC(F)(F)c1ccccc1N=c1ccc2nc3ccccc3sc-2c1. The summed E-state index contributed by atoms with van der Waals surface area (Å²) in [7, 11) is 0. The Morgan fingerprint density at radius 1 is 0.880 bits per heavy atom. The van der Waals surface area contributed by atoms with Crippen LogP contribution in [0.15, 0.2) is 71.7 Å². The number of halogens is 3. The highest BCUT2D eigenvalue weighted by Crippen LogP contribution is 2.36. The molecule has 0 aromatic heterocycles. The van der Waals surface area contributed by atoms with Crippen molar-refractivity contribution in [2.45, 2.75) is 6.18 Å². The van der Waals surface area contributed by atoms with Crippen LogP contribution in [0.2, 0.25) is 0 Å². The normalized spacial score (nSPS) is 12.8. The summed E-state index contributed by atoms with van der Waals surface area (Å²) in [6.07, 6.45) is -4.43. The fourth-order valence-corrected chi connectivity index (χ4v) is 3.58. The van der Waals surface area contributed by atoms with Gasteiger partial charge in [0.1, 0.15) is 0 Å². The second kappa shape index (κ2) is 5.97. The first kappa shape index (κ1) is 15.8. The second-order valence-corrected chi connectivity index (χ2v) is 6.54. The lowest BCUT2D eigenvalue weighted by Crippen LogP contribution is -2.07. The van der Waals surface area contributed by atoms with Crippen molar-refractivity contribution < 1.29 is 13.2 Å². The molecule has 1 heterocycles. The number of aromatic nitrogens is 1. The first-order chi connectivity index (χ1) is 12.0. The molecule has 0 unspecified atom stereocenters. The summed E-state index contributed by atoms with van der Waals surface area (Å²) >= 11 is 1.54. The number of hydrogen-bond acceptors (Lipinski definition) is 3. The minimum Gasteiger partial charge on any atom is -0.248 e. The molecule has 2 aromatic carbocycles. The molecule has 0 atom stereocenters. The van der Waals surface area contributed by atoms with E-state index in [4.69, 9.17) is 0 Å². The Kier molecular flexibility index (Phi) is 3.77. The Labute approximate surface area is 145 Å². The van der Waals surface area contributed by atoms with Gasteiger partial charge in [-0.25, -0.2) is 9.98 Å². The highest BCUT2D eigenvalue weighted by atomic mass is 32.1. The van der Waals surface area contributed by atoms with Crippen molar-refractivity contribution in [1.29, 1.82) is 0 Å². The predicted molar refractivity (Wildman–Crippen MR) is 92.9 cm³/mol. The summed E-state index contributed by atoms with van der Waals surface area (Å²) < 4.78 is 40.3. The van der Waals surface area contributed by atoms with Gasteiger partial charge in [-0.15, -0.1) is 11.3 Å². The molecule has 2 aromatic rings. The number of hydrogen-bond donors (Lipinski definition) is 0. The Bertz CT molecular complexity index is 1100. The quantitative estimate of drug-likeness (QED) is 0.405. The van der Waals surface area contributed by atoms with Gasteiger partial charge in [-0.2, -0.15) is 13.2 Å². The molecule has 0 saturated carbocycles. The van der Waals surface area contributed by atoms with Gasteiger partial charge < -0.3 is 0 Å². The molecule has 6 heteroatoms. The maximum absolute atomic E-state index is 13.1. The van der Waals surface area contributed by atoms with Crippen LogP contribution in [0.3, 0.4) is 0 Å². The lowest BCUT2D eigenvalue weighted by molar-refractivity contribution is -0.137. The van der Waals surface area contributed by atoms with Gasteiger partial charge in [0.2, 0.25) is 0 Å². The van der Waals surface area contributed by atoms with E-state index in [1.165, 1.54) is 12.1 Å². The van der Waals surface area contributed by atoms with Gasteiger partial charge in [0.05, 0.1) is 37.4 Å². The molecule has 0 spiro atoms. The number of para-hydroxylation sites is 2. The van der Waals surface area contributed by atoms with Crippen molar-refractivity contribution in [3.63, 3.8) is 0 Å². The topological polar surface area (TPSA) is 25.2 Å². The molecule has 4 rings (SSSR count). The van der Waals surface area contributed by atoms with Gasteiger partial charge in [0.15, 0.2) is 0 Å². The first-order valence-electron chi connectivity index (χ1n) is 7.51. The van der Waals surface area contributed by atoms with Crippen LogP contribution < -0.4 is 5.36 Å². The molecule has 2 aliphatic rings.